The zero-order chi connectivity index (χ0) is 21.4. The van der Waals surface area contributed by atoms with Gasteiger partial charge in [0.15, 0.2) is 0 Å². The molecule has 0 fully saturated rings. The maximum absolute atomic E-state index is 12.3. The molecular weight excluding hydrogens is 392 g/mol. The van der Waals surface area contributed by atoms with E-state index in [9.17, 15) is 9.59 Å². The number of rotatable bonds is 4. The predicted molar refractivity (Wildman–Crippen MR) is 119 cm³/mol. The van der Waals surface area contributed by atoms with E-state index in [1.165, 1.54) is 0 Å². The Morgan fingerprint density at radius 3 is 2.61 bits per heavy atom. The van der Waals surface area contributed by atoms with Crippen molar-refractivity contribution in [3.05, 3.63) is 88.7 Å². The fraction of sp³-hybridized carbons (Fsp3) is 0. The summed E-state index contributed by atoms with van der Waals surface area (Å²) in [5.41, 5.74) is 4.98. The van der Waals surface area contributed by atoms with Crippen LogP contribution >= 0.6 is 0 Å². The van der Waals surface area contributed by atoms with E-state index < -0.39 is 5.97 Å². The molecule has 0 unspecified atom stereocenters. The number of carbonyl (C=O) groups excluding carboxylic acids is 1. The van der Waals surface area contributed by atoms with Crippen LogP contribution in [0.4, 0.5) is 5.82 Å². The highest BCUT2D eigenvalue weighted by Crippen LogP contribution is 2.31. The molecule has 0 saturated heterocycles. The topological polar surface area (TPSA) is 108 Å². The van der Waals surface area contributed by atoms with Gasteiger partial charge in [-0.15, -0.1) is 0 Å². The number of nitrogens with zero attached hydrogens (tertiary/aromatic N) is 2. The first-order valence-corrected chi connectivity index (χ1v) is 9.56. The molecule has 0 aliphatic carbocycles. The molecule has 7 heteroatoms. The number of carboxylic acid groups (broad SMARTS) is 1. The van der Waals surface area contributed by atoms with Gasteiger partial charge in [-0.3, -0.25) is 9.89 Å². The number of aromatic nitrogens is 3. The van der Waals surface area contributed by atoms with Crippen LogP contribution in [0.5, 0.6) is 0 Å². The molecule has 3 N–H and O–H groups in total. The van der Waals surface area contributed by atoms with Crippen LogP contribution in [0.25, 0.3) is 34.7 Å². The molecule has 1 aliphatic heterocycles. The lowest BCUT2D eigenvalue weighted by atomic mass is 10.0. The van der Waals surface area contributed by atoms with E-state index in [2.05, 4.69) is 20.5 Å². The molecule has 2 aromatic heterocycles. The zero-order valence-electron chi connectivity index (χ0n) is 16.2. The van der Waals surface area contributed by atoms with Gasteiger partial charge >= 0.3 is 5.97 Å². The smallest absolute Gasteiger partial charge is 0.335 e. The van der Waals surface area contributed by atoms with Gasteiger partial charge in [0.2, 0.25) is 0 Å². The number of aromatic amines is 1. The molecule has 0 radical (unpaired) electrons. The van der Waals surface area contributed by atoms with Gasteiger partial charge in [-0.05, 0) is 59.7 Å². The molecule has 31 heavy (non-hydrogen) atoms. The van der Waals surface area contributed by atoms with Gasteiger partial charge in [0.1, 0.15) is 5.82 Å². The van der Waals surface area contributed by atoms with Crippen LogP contribution in [0.1, 0.15) is 32.7 Å². The summed E-state index contributed by atoms with van der Waals surface area (Å²) in [4.78, 5) is 27.4. The number of carboxylic acids is 1. The largest absolute Gasteiger partial charge is 0.478 e. The lowest BCUT2D eigenvalue weighted by molar-refractivity contribution is -0.110. The van der Waals surface area contributed by atoms with Crippen LogP contribution in [0, 0.1) is 0 Å². The van der Waals surface area contributed by atoms with E-state index in [1.54, 1.807) is 36.5 Å². The summed E-state index contributed by atoms with van der Waals surface area (Å²) in [6.45, 7) is 0. The van der Waals surface area contributed by atoms with Crippen molar-refractivity contribution >= 4 is 52.4 Å². The number of benzene rings is 2. The maximum atomic E-state index is 12.3. The minimum atomic E-state index is -0.950. The van der Waals surface area contributed by atoms with E-state index in [1.807, 2.05) is 42.5 Å². The van der Waals surface area contributed by atoms with E-state index in [4.69, 9.17) is 5.11 Å². The minimum absolute atomic E-state index is 0.170. The van der Waals surface area contributed by atoms with Crippen LogP contribution in [-0.2, 0) is 4.79 Å². The number of carbonyl (C=O) groups is 2. The molecule has 2 aromatic carbocycles. The van der Waals surface area contributed by atoms with Crippen molar-refractivity contribution in [2.45, 2.75) is 0 Å². The van der Waals surface area contributed by atoms with Crippen molar-refractivity contribution in [1.82, 2.24) is 15.2 Å². The highest BCUT2D eigenvalue weighted by Gasteiger charge is 2.24. The van der Waals surface area contributed by atoms with E-state index >= 15 is 0 Å². The molecule has 1 amide bonds. The number of H-pyrrole nitrogens is 1. The molecule has 0 spiro atoms. The Balaban J connectivity index is 1.43. The minimum Gasteiger partial charge on any atom is -0.478 e. The zero-order valence-corrected chi connectivity index (χ0v) is 16.2. The molecular formula is C24H16N4O3. The fourth-order valence-corrected chi connectivity index (χ4v) is 3.52. The Hall–Kier alpha value is -4.52. The first kappa shape index (κ1) is 18.5. The Bertz CT molecular complexity index is 1400. The number of hydrogen-bond acceptors (Lipinski definition) is 4. The molecule has 0 atom stereocenters. The number of fused-ring (bicyclic) bond motifs is 2. The summed E-state index contributed by atoms with van der Waals surface area (Å²) < 4.78 is 0. The number of pyridine rings is 1. The third-order valence-corrected chi connectivity index (χ3v) is 5.09. The van der Waals surface area contributed by atoms with Crippen molar-refractivity contribution in [3.8, 4) is 0 Å². The van der Waals surface area contributed by atoms with Crippen LogP contribution < -0.4 is 5.32 Å². The Labute approximate surface area is 176 Å². The molecule has 0 bridgehead atoms. The van der Waals surface area contributed by atoms with Crippen LogP contribution in [0.3, 0.4) is 0 Å². The standard InChI is InChI=1S/C24H16N4O3/c29-23-19(17-2-1-11-25-22(17)26-23)12-15-5-9-18-20(27-28-21(18)13-15)10-6-14-3-7-16(8-4-14)24(30)31/h1-13H,(H,27,28)(H,30,31)(H,25,26,29)/b10-6+,19-12+. The highest BCUT2D eigenvalue weighted by atomic mass is 16.4. The van der Waals surface area contributed by atoms with Crippen LogP contribution in [-0.4, -0.2) is 32.2 Å². The van der Waals surface area contributed by atoms with Gasteiger partial charge in [0.05, 0.1) is 22.3 Å². The second kappa shape index (κ2) is 7.38. The van der Waals surface area contributed by atoms with E-state index in [0.717, 1.165) is 33.3 Å². The van der Waals surface area contributed by atoms with Crippen LogP contribution in [0.15, 0.2) is 60.8 Å². The normalized spacial score (nSPS) is 14.3. The number of anilines is 1. The van der Waals surface area contributed by atoms with Crippen molar-refractivity contribution < 1.29 is 14.7 Å². The third kappa shape index (κ3) is 3.49. The van der Waals surface area contributed by atoms with Gasteiger partial charge in [0.25, 0.3) is 5.91 Å². The van der Waals surface area contributed by atoms with E-state index in [-0.39, 0.29) is 11.5 Å². The lowest BCUT2D eigenvalue weighted by Gasteiger charge is -1.99. The van der Waals surface area contributed by atoms with Gasteiger partial charge < -0.3 is 10.4 Å². The third-order valence-electron chi connectivity index (χ3n) is 5.09. The molecule has 7 nitrogen and oxygen atoms in total. The van der Waals surface area contributed by atoms with Gasteiger partial charge in [-0.1, -0.05) is 24.3 Å². The van der Waals surface area contributed by atoms with Crippen molar-refractivity contribution in [2.75, 3.05) is 5.32 Å². The Morgan fingerprint density at radius 2 is 1.81 bits per heavy atom. The van der Waals surface area contributed by atoms with Gasteiger partial charge in [0, 0.05) is 17.1 Å². The van der Waals surface area contributed by atoms with E-state index in [0.29, 0.717) is 11.4 Å². The summed E-state index contributed by atoms with van der Waals surface area (Å²) in [5.74, 6) is -0.546. The molecule has 4 aromatic rings. The molecule has 0 saturated carbocycles. The average molecular weight is 408 g/mol. The van der Waals surface area contributed by atoms with Gasteiger partial charge in [-0.2, -0.15) is 5.10 Å². The molecule has 150 valence electrons. The maximum Gasteiger partial charge on any atom is 0.335 e. The first-order chi connectivity index (χ1) is 15.1. The summed E-state index contributed by atoms with van der Waals surface area (Å²) in [6.07, 6.45) is 7.24. The molecule has 5 rings (SSSR count). The van der Waals surface area contributed by atoms with Crippen molar-refractivity contribution in [1.29, 1.82) is 0 Å². The Morgan fingerprint density at radius 1 is 1.00 bits per heavy atom. The monoisotopic (exact) mass is 408 g/mol. The van der Waals surface area contributed by atoms with Crippen molar-refractivity contribution in [3.63, 3.8) is 0 Å². The van der Waals surface area contributed by atoms with Crippen molar-refractivity contribution in [2.24, 2.45) is 0 Å². The first-order valence-electron chi connectivity index (χ1n) is 9.56. The number of nitrogens with one attached hydrogen (secondary N) is 2. The summed E-state index contributed by atoms with van der Waals surface area (Å²) >= 11 is 0. The summed E-state index contributed by atoms with van der Waals surface area (Å²) in [5, 5.41) is 20.1. The SMILES string of the molecule is O=C1Nc2ncccc2/C1=C\c1ccc2c(/C=C/c3ccc(C(=O)O)cc3)n[nH]c2c1. The number of hydrogen-bond donors (Lipinski definition) is 3. The highest BCUT2D eigenvalue weighted by molar-refractivity contribution is 6.34. The number of aromatic carboxylic acids is 1. The predicted octanol–water partition coefficient (Wildman–Crippen LogP) is 4.32. The summed E-state index contributed by atoms with van der Waals surface area (Å²) in [6, 6.07) is 16.1. The van der Waals surface area contributed by atoms with Crippen LogP contribution in [0.2, 0.25) is 0 Å². The molecule has 3 heterocycles. The second-order valence-corrected chi connectivity index (χ2v) is 7.09. The van der Waals surface area contributed by atoms with Gasteiger partial charge in [-0.25, -0.2) is 9.78 Å². The second-order valence-electron chi connectivity index (χ2n) is 7.09. The summed E-state index contributed by atoms with van der Waals surface area (Å²) in [7, 11) is 0. The lowest BCUT2D eigenvalue weighted by Crippen LogP contribution is -2.04. The number of amides is 1. The quantitative estimate of drug-likeness (QED) is 0.436. The Kier molecular flexibility index (Phi) is 4.41. The fourth-order valence-electron chi connectivity index (χ4n) is 3.52. The molecule has 1 aliphatic rings. The average Bonchev–Trinajstić information content (AvgIpc) is 3.33.